The zero-order chi connectivity index (χ0) is 15.5. The lowest BCUT2D eigenvalue weighted by Gasteiger charge is -2.01. The number of aromatic nitrogens is 3. The Morgan fingerprint density at radius 3 is 2.82 bits per heavy atom. The van der Waals surface area contributed by atoms with E-state index < -0.39 is 4.92 Å². The molecule has 0 saturated carbocycles. The molecule has 0 atom stereocenters. The van der Waals surface area contributed by atoms with Gasteiger partial charge in [-0.05, 0) is 24.3 Å². The van der Waals surface area contributed by atoms with Crippen LogP contribution in [0.4, 0.5) is 5.69 Å². The molecule has 0 fully saturated rings. The maximum Gasteiger partial charge on any atom is 0.311 e. The van der Waals surface area contributed by atoms with Crippen molar-refractivity contribution in [1.29, 1.82) is 0 Å². The highest BCUT2D eigenvalue weighted by molar-refractivity contribution is 5.64. The van der Waals surface area contributed by atoms with Crippen LogP contribution >= 0.6 is 0 Å². The van der Waals surface area contributed by atoms with Crippen LogP contribution in [0.1, 0.15) is 0 Å². The lowest BCUT2D eigenvalue weighted by molar-refractivity contribution is -0.385. The van der Waals surface area contributed by atoms with E-state index in [1.165, 1.54) is 19.2 Å². The summed E-state index contributed by atoms with van der Waals surface area (Å²) in [5.74, 6) is 0.652. The third kappa shape index (κ3) is 2.49. The van der Waals surface area contributed by atoms with Gasteiger partial charge in [-0.1, -0.05) is 11.2 Å². The number of benzene rings is 1. The van der Waals surface area contributed by atoms with Gasteiger partial charge in [-0.25, -0.2) is 0 Å². The molecule has 0 amide bonds. The first-order valence-corrected chi connectivity index (χ1v) is 6.27. The molecule has 0 spiro atoms. The van der Waals surface area contributed by atoms with Crippen LogP contribution in [-0.2, 0) is 0 Å². The van der Waals surface area contributed by atoms with Crippen molar-refractivity contribution in [3.05, 3.63) is 52.7 Å². The van der Waals surface area contributed by atoms with Gasteiger partial charge in [-0.3, -0.25) is 15.1 Å². The third-order valence-electron chi connectivity index (χ3n) is 2.94. The number of hydrogen-bond acceptors (Lipinski definition) is 7. The van der Waals surface area contributed by atoms with E-state index in [1.807, 2.05) is 0 Å². The Morgan fingerprint density at radius 2 is 2.14 bits per heavy atom. The van der Waals surface area contributed by atoms with Gasteiger partial charge in [-0.2, -0.15) is 4.98 Å². The van der Waals surface area contributed by atoms with Crippen molar-refractivity contribution in [2.45, 2.75) is 0 Å². The summed E-state index contributed by atoms with van der Waals surface area (Å²) in [6, 6.07) is 9.74. The largest absolute Gasteiger partial charge is 0.490 e. The minimum Gasteiger partial charge on any atom is -0.490 e. The van der Waals surface area contributed by atoms with Crippen LogP contribution in [0.25, 0.3) is 23.0 Å². The Bertz CT molecular complexity index is 817. The van der Waals surface area contributed by atoms with Crippen molar-refractivity contribution in [2.24, 2.45) is 0 Å². The van der Waals surface area contributed by atoms with E-state index in [0.29, 0.717) is 17.1 Å². The Kier molecular flexibility index (Phi) is 3.48. The second-order valence-corrected chi connectivity index (χ2v) is 4.28. The second-order valence-electron chi connectivity index (χ2n) is 4.28. The molecule has 110 valence electrons. The molecular formula is C14H10N4O4. The average Bonchev–Trinajstić information content (AvgIpc) is 3.05. The number of ether oxygens (including phenoxy) is 1. The van der Waals surface area contributed by atoms with E-state index >= 15 is 0 Å². The molecule has 0 N–H and O–H groups in total. The van der Waals surface area contributed by atoms with Crippen LogP contribution in [0.5, 0.6) is 5.75 Å². The first-order chi connectivity index (χ1) is 10.7. The van der Waals surface area contributed by atoms with E-state index in [0.717, 1.165) is 0 Å². The molecule has 0 aliphatic rings. The van der Waals surface area contributed by atoms with E-state index in [9.17, 15) is 10.1 Å². The summed E-state index contributed by atoms with van der Waals surface area (Å²) in [6.07, 6.45) is 1.61. The number of pyridine rings is 1. The molecule has 1 aromatic carbocycles. The summed E-state index contributed by atoms with van der Waals surface area (Å²) in [5, 5.41) is 14.9. The summed E-state index contributed by atoms with van der Waals surface area (Å²) in [7, 11) is 1.37. The first-order valence-electron chi connectivity index (χ1n) is 6.27. The van der Waals surface area contributed by atoms with Crippen molar-refractivity contribution in [2.75, 3.05) is 7.11 Å². The Hall–Kier alpha value is -3.29. The number of nitro groups is 1. The monoisotopic (exact) mass is 298 g/mol. The van der Waals surface area contributed by atoms with Gasteiger partial charge in [-0.15, -0.1) is 0 Å². The summed E-state index contributed by atoms with van der Waals surface area (Å²) in [5.41, 5.74) is 0.820. The number of methoxy groups -OCH3 is 1. The van der Waals surface area contributed by atoms with Crippen molar-refractivity contribution in [3.63, 3.8) is 0 Å². The summed E-state index contributed by atoms with van der Waals surface area (Å²) in [4.78, 5) is 18.8. The molecule has 0 saturated heterocycles. The van der Waals surface area contributed by atoms with E-state index in [1.54, 1.807) is 30.5 Å². The average molecular weight is 298 g/mol. The predicted molar refractivity (Wildman–Crippen MR) is 76.2 cm³/mol. The van der Waals surface area contributed by atoms with Crippen molar-refractivity contribution in [3.8, 4) is 28.7 Å². The van der Waals surface area contributed by atoms with Crippen LogP contribution in [0.2, 0.25) is 0 Å². The van der Waals surface area contributed by atoms with E-state index in [-0.39, 0.29) is 17.3 Å². The van der Waals surface area contributed by atoms with Crippen LogP contribution in [0, 0.1) is 10.1 Å². The molecule has 2 aromatic heterocycles. The lowest BCUT2D eigenvalue weighted by atomic mass is 10.2. The molecular weight excluding hydrogens is 288 g/mol. The highest BCUT2D eigenvalue weighted by Gasteiger charge is 2.19. The molecule has 0 aliphatic carbocycles. The standard InChI is InChI=1S/C14H10N4O4/c1-21-12-6-5-9(8-11(12)18(19)20)14-16-13(17-22-14)10-4-2-3-7-15-10/h2-8H,1H3. The molecule has 0 radical (unpaired) electrons. The molecule has 2 heterocycles. The number of nitro benzene ring substituents is 1. The highest BCUT2D eigenvalue weighted by Crippen LogP contribution is 2.32. The minimum atomic E-state index is -0.529. The maximum absolute atomic E-state index is 11.0. The van der Waals surface area contributed by atoms with Crippen LogP contribution in [0.15, 0.2) is 47.1 Å². The molecule has 22 heavy (non-hydrogen) atoms. The fraction of sp³-hybridized carbons (Fsp3) is 0.0714. The first kappa shape index (κ1) is 13.7. The van der Waals surface area contributed by atoms with E-state index in [4.69, 9.17) is 9.26 Å². The van der Waals surface area contributed by atoms with Gasteiger partial charge in [0.2, 0.25) is 5.82 Å². The quantitative estimate of drug-likeness (QED) is 0.538. The molecule has 0 unspecified atom stereocenters. The van der Waals surface area contributed by atoms with Gasteiger partial charge in [0.1, 0.15) is 5.69 Å². The second kappa shape index (κ2) is 5.60. The smallest absolute Gasteiger partial charge is 0.311 e. The minimum absolute atomic E-state index is 0.165. The van der Waals surface area contributed by atoms with Gasteiger partial charge in [0.25, 0.3) is 5.89 Å². The number of rotatable bonds is 4. The topological polar surface area (TPSA) is 104 Å². The van der Waals surface area contributed by atoms with Crippen LogP contribution < -0.4 is 4.74 Å². The molecule has 8 heteroatoms. The van der Waals surface area contributed by atoms with Gasteiger partial charge in [0.15, 0.2) is 5.75 Å². The fourth-order valence-electron chi connectivity index (χ4n) is 1.91. The lowest BCUT2D eigenvalue weighted by Crippen LogP contribution is -1.94. The van der Waals surface area contributed by atoms with Gasteiger partial charge < -0.3 is 9.26 Å². The van der Waals surface area contributed by atoms with Crippen molar-refractivity contribution >= 4 is 5.69 Å². The van der Waals surface area contributed by atoms with Crippen LogP contribution in [0.3, 0.4) is 0 Å². The molecule has 8 nitrogen and oxygen atoms in total. The number of nitrogens with zero attached hydrogens (tertiary/aromatic N) is 4. The van der Waals surface area contributed by atoms with Crippen molar-refractivity contribution in [1.82, 2.24) is 15.1 Å². The Balaban J connectivity index is 2.00. The Labute approximate surface area is 124 Å². The van der Waals surface area contributed by atoms with Crippen molar-refractivity contribution < 1.29 is 14.2 Å². The summed E-state index contributed by atoms with van der Waals surface area (Å²) >= 11 is 0. The molecule has 3 rings (SSSR count). The fourth-order valence-corrected chi connectivity index (χ4v) is 1.91. The maximum atomic E-state index is 11.0. The predicted octanol–water partition coefficient (Wildman–Crippen LogP) is 2.72. The highest BCUT2D eigenvalue weighted by atomic mass is 16.6. The van der Waals surface area contributed by atoms with E-state index in [2.05, 4.69) is 15.1 Å². The SMILES string of the molecule is COc1ccc(-c2nc(-c3ccccn3)no2)cc1[N+](=O)[O-]. The van der Waals surface area contributed by atoms with Crippen LogP contribution in [-0.4, -0.2) is 27.2 Å². The summed E-state index contributed by atoms with van der Waals surface area (Å²) in [6.45, 7) is 0. The van der Waals surface area contributed by atoms with Gasteiger partial charge in [0.05, 0.1) is 12.0 Å². The Morgan fingerprint density at radius 1 is 1.27 bits per heavy atom. The third-order valence-corrected chi connectivity index (χ3v) is 2.94. The molecule has 3 aromatic rings. The normalized spacial score (nSPS) is 10.4. The zero-order valence-corrected chi connectivity index (χ0v) is 11.5. The van der Waals surface area contributed by atoms with Gasteiger partial charge in [0, 0.05) is 17.8 Å². The number of hydrogen-bond donors (Lipinski definition) is 0. The molecule has 0 bridgehead atoms. The van der Waals surface area contributed by atoms with Gasteiger partial charge >= 0.3 is 5.69 Å². The zero-order valence-electron chi connectivity index (χ0n) is 11.5. The molecule has 0 aliphatic heterocycles. The summed E-state index contributed by atoms with van der Waals surface area (Å²) < 4.78 is 10.1.